The van der Waals surface area contributed by atoms with Crippen LogP contribution < -0.4 is 0 Å². The summed E-state index contributed by atoms with van der Waals surface area (Å²) in [5.74, 6) is 0.0475. The van der Waals surface area contributed by atoms with E-state index in [-0.39, 0.29) is 11.9 Å². The second-order valence-corrected chi connectivity index (χ2v) is 8.62. The molecule has 2 aliphatic rings. The molecule has 0 saturated carbocycles. The lowest BCUT2D eigenvalue weighted by Crippen LogP contribution is -2.44. The van der Waals surface area contributed by atoms with Gasteiger partial charge in [0.2, 0.25) is 0 Å². The first-order valence-corrected chi connectivity index (χ1v) is 10.9. The molecular formula is C24H28ClN3O. The zero-order chi connectivity index (χ0) is 20.4. The minimum Gasteiger partial charge on any atom is -0.292 e. The molecule has 1 fully saturated rings. The van der Waals surface area contributed by atoms with Gasteiger partial charge in [0.1, 0.15) is 0 Å². The van der Waals surface area contributed by atoms with Crippen molar-refractivity contribution in [2.45, 2.75) is 51.6 Å². The molecule has 0 aromatic heterocycles. The Hall–Kier alpha value is -2.17. The van der Waals surface area contributed by atoms with Gasteiger partial charge in [-0.25, -0.2) is 5.01 Å². The van der Waals surface area contributed by atoms with Gasteiger partial charge in [0.05, 0.1) is 18.3 Å². The molecule has 0 spiro atoms. The predicted octanol–water partition coefficient (Wildman–Crippen LogP) is 5.20. The van der Waals surface area contributed by atoms with Crippen molar-refractivity contribution in [2.24, 2.45) is 5.10 Å². The molecule has 2 heterocycles. The van der Waals surface area contributed by atoms with Crippen molar-refractivity contribution in [2.75, 3.05) is 13.1 Å². The van der Waals surface area contributed by atoms with Gasteiger partial charge in [-0.2, -0.15) is 5.10 Å². The van der Waals surface area contributed by atoms with Crippen molar-refractivity contribution in [1.29, 1.82) is 0 Å². The van der Waals surface area contributed by atoms with Crippen molar-refractivity contribution >= 4 is 23.2 Å². The van der Waals surface area contributed by atoms with E-state index in [1.807, 2.05) is 30.3 Å². The average molecular weight is 410 g/mol. The molecule has 2 atom stereocenters. The molecule has 152 valence electrons. The van der Waals surface area contributed by atoms with E-state index in [2.05, 4.69) is 36.9 Å². The van der Waals surface area contributed by atoms with E-state index in [1.165, 1.54) is 12.0 Å². The molecule has 2 aromatic rings. The quantitative estimate of drug-likeness (QED) is 0.695. The summed E-state index contributed by atoms with van der Waals surface area (Å²) in [4.78, 5) is 15.6. The van der Waals surface area contributed by atoms with E-state index in [0.29, 0.717) is 24.0 Å². The fraction of sp³-hybridized carbons (Fsp3) is 0.417. The summed E-state index contributed by atoms with van der Waals surface area (Å²) < 4.78 is 0. The number of rotatable bonds is 4. The molecule has 2 unspecified atom stereocenters. The number of piperidine rings is 1. The summed E-state index contributed by atoms with van der Waals surface area (Å²) in [7, 11) is 0. The largest absolute Gasteiger partial charge is 0.292 e. The number of hydrogen-bond donors (Lipinski definition) is 0. The smallest absolute Gasteiger partial charge is 0.257 e. The fourth-order valence-electron chi connectivity index (χ4n) is 4.37. The highest BCUT2D eigenvalue weighted by Gasteiger charge is 2.35. The average Bonchev–Trinajstić information content (AvgIpc) is 3.15. The molecule has 0 N–H and O–H groups in total. The van der Waals surface area contributed by atoms with Crippen molar-refractivity contribution < 1.29 is 4.79 Å². The van der Waals surface area contributed by atoms with Crippen LogP contribution in [0.2, 0.25) is 5.02 Å². The highest BCUT2D eigenvalue weighted by molar-refractivity contribution is 6.31. The van der Waals surface area contributed by atoms with E-state index in [0.717, 1.165) is 36.2 Å². The molecule has 0 bridgehead atoms. The molecule has 4 rings (SSSR count). The third kappa shape index (κ3) is 4.39. The minimum absolute atomic E-state index is 0.0475. The normalized spacial score (nSPS) is 22.6. The van der Waals surface area contributed by atoms with Gasteiger partial charge in [-0.05, 0) is 50.4 Å². The first kappa shape index (κ1) is 20.1. The Morgan fingerprint density at radius 2 is 2.00 bits per heavy atom. The Bertz CT molecular complexity index is 926. The summed E-state index contributed by atoms with van der Waals surface area (Å²) in [6, 6.07) is 16.4. The zero-order valence-electron chi connectivity index (χ0n) is 17.1. The van der Waals surface area contributed by atoms with Crippen LogP contribution in [-0.4, -0.2) is 40.7 Å². The molecule has 0 aliphatic carbocycles. The second-order valence-electron chi connectivity index (χ2n) is 8.21. The Balaban J connectivity index is 1.63. The number of amides is 1. The summed E-state index contributed by atoms with van der Waals surface area (Å²) in [6.45, 7) is 5.67. The highest BCUT2D eigenvalue weighted by Crippen LogP contribution is 2.36. The number of carbonyl (C=O) groups excluding carboxylic acids is 1. The molecule has 29 heavy (non-hydrogen) atoms. The SMILES string of the molecule is Cc1cccc(C2=NN(C(=O)CN3CCCCC3C)C(c3ccccc3Cl)C2)c1. The zero-order valence-corrected chi connectivity index (χ0v) is 17.9. The third-order valence-electron chi connectivity index (χ3n) is 6.06. The number of carbonyl (C=O) groups is 1. The molecule has 4 nitrogen and oxygen atoms in total. The van der Waals surface area contributed by atoms with Crippen LogP contribution in [0.3, 0.4) is 0 Å². The summed E-state index contributed by atoms with van der Waals surface area (Å²) in [5.41, 5.74) is 4.16. The number of likely N-dealkylation sites (tertiary alicyclic amines) is 1. The van der Waals surface area contributed by atoms with Crippen LogP contribution in [0, 0.1) is 6.92 Å². The molecule has 5 heteroatoms. The Morgan fingerprint density at radius 3 is 2.76 bits per heavy atom. The van der Waals surface area contributed by atoms with E-state index in [1.54, 1.807) is 5.01 Å². The molecule has 2 aromatic carbocycles. The number of aryl methyl sites for hydroxylation is 1. The van der Waals surface area contributed by atoms with Crippen molar-refractivity contribution in [1.82, 2.24) is 9.91 Å². The highest BCUT2D eigenvalue weighted by atomic mass is 35.5. The van der Waals surface area contributed by atoms with E-state index >= 15 is 0 Å². The van der Waals surface area contributed by atoms with Gasteiger partial charge in [-0.15, -0.1) is 0 Å². The molecule has 1 saturated heterocycles. The number of nitrogens with zero attached hydrogens (tertiary/aromatic N) is 3. The fourth-order valence-corrected chi connectivity index (χ4v) is 4.63. The summed E-state index contributed by atoms with van der Waals surface area (Å²) in [6.07, 6.45) is 4.23. The Morgan fingerprint density at radius 1 is 1.17 bits per heavy atom. The number of benzene rings is 2. The maximum atomic E-state index is 13.3. The van der Waals surface area contributed by atoms with Crippen LogP contribution in [-0.2, 0) is 4.79 Å². The monoisotopic (exact) mass is 409 g/mol. The van der Waals surface area contributed by atoms with Crippen molar-refractivity contribution in [3.05, 3.63) is 70.2 Å². The van der Waals surface area contributed by atoms with Crippen LogP contribution in [0.1, 0.15) is 55.3 Å². The third-order valence-corrected chi connectivity index (χ3v) is 6.40. The van der Waals surface area contributed by atoms with Crippen LogP contribution in [0.5, 0.6) is 0 Å². The predicted molar refractivity (Wildman–Crippen MR) is 118 cm³/mol. The van der Waals surface area contributed by atoms with Gasteiger partial charge in [0.15, 0.2) is 0 Å². The maximum absolute atomic E-state index is 13.3. The maximum Gasteiger partial charge on any atom is 0.257 e. The Labute approximate surface area is 178 Å². The molecule has 1 amide bonds. The van der Waals surface area contributed by atoms with Crippen molar-refractivity contribution in [3.8, 4) is 0 Å². The number of halogens is 1. The molecule has 2 aliphatic heterocycles. The van der Waals surface area contributed by atoms with E-state index in [9.17, 15) is 4.79 Å². The van der Waals surface area contributed by atoms with Gasteiger partial charge in [0, 0.05) is 17.5 Å². The Kier molecular flexibility index (Phi) is 6.02. The van der Waals surface area contributed by atoms with Gasteiger partial charge in [-0.1, -0.05) is 66.0 Å². The number of hydrazone groups is 1. The number of hydrogen-bond acceptors (Lipinski definition) is 3. The van der Waals surface area contributed by atoms with Gasteiger partial charge in [-0.3, -0.25) is 9.69 Å². The van der Waals surface area contributed by atoms with Crippen LogP contribution in [0.15, 0.2) is 53.6 Å². The van der Waals surface area contributed by atoms with Crippen LogP contribution >= 0.6 is 11.6 Å². The van der Waals surface area contributed by atoms with Gasteiger partial charge >= 0.3 is 0 Å². The van der Waals surface area contributed by atoms with Crippen LogP contribution in [0.25, 0.3) is 0 Å². The van der Waals surface area contributed by atoms with E-state index < -0.39 is 0 Å². The lowest BCUT2D eigenvalue weighted by molar-refractivity contribution is -0.135. The lowest BCUT2D eigenvalue weighted by atomic mass is 9.97. The summed E-state index contributed by atoms with van der Waals surface area (Å²) >= 11 is 6.51. The van der Waals surface area contributed by atoms with Gasteiger partial charge in [0.25, 0.3) is 5.91 Å². The van der Waals surface area contributed by atoms with Crippen molar-refractivity contribution in [3.63, 3.8) is 0 Å². The molecular weight excluding hydrogens is 382 g/mol. The summed E-state index contributed by atoms with van der Waals surface area (Å²) in [5, 5.41) is 7.17. The first-order valence-electron chi connectivity index (χ1n) is 10.5. The molecule has 0 radical (unpaired) electrons. The second kappa shape index (κ2) is 8.68. The van der Waals surface area contributed by atoms with E-state index in [4.69, 9.17) is 16.7 Å². The first-order chi connectivity index (χ1) is 14.0. The van der Waals surface area contributed by atoms with Crippen LogP contribution in [0.4, 0.5) is 0 Å². The standard InChI is InChI=1S/C24H28ClN3O/c1-17-8-7-10-19(14-17)22-15-23(20-11-3-4-12-21(20)25)28(26-22)24(29)16-27-13-6-5-9-18(27)2/h3-4,7-8,10-12,14,18,23H,5-6,9,13,15-16H2,1-2H3. The van der Waals surface area contributed by atoms with Gasteiger partial charge < -0.3 is 0 Å². The lowest BCUT2D eigenvalue weighted by Gasteiger charge is -2.34. The topological polar surface area (TPSA) is 35.9 Å². The minimum atomic E-state index is -0.160.